The Balaban J connectivity index is 1.46. The smallest absolute Gasteiger partial charge is 0.223 e. The van der Waals surface area contributed by atoms with Crippen LogP contribution < -0.4 is 0 Å². The second-order valence-corrected chi connectivity index (χ2v) is 13.5. The molecule has 4 nitrogen and oxygen atoms in total. The van der Waals surface area contributed by atoms with Gasteiger partial charge in [-0.3, -0.25) is 9.59 Å². The molecule has 0 saturated carbocycles. The zero-order chi connectivity index (χ0) is 37.9. The van der Waals surface area contributed by atoms with Crippen LogP contribution in [0, 0.1) is 0 Å². The standard InChI is InChI=1S/C49H70N2O2/c1-3-5-7-9-11-13-15-17-19-21-23-25-27-29-31-33-35-37-39-41-48(52)50-44-47-43-46(50)45-51(47)49(53)42-40-38-36-34-32-30-28-26-24-22-20-18-16-14-12-10-8-6-4-2/h5-8,11-14,17-20,23-26,29-32,35-38,46-47H,3-4,9-10,15-16,21-22,27-28,33-34,39-45H2,1-2H3/b7-5-,8-6-,13-11-,14-12-,19-17-,20-18-,25-23-,26-24-,31-29-,32-30-,37-35-,38-36-/t46-,47-/m0/s1. The van der Waals surface area contributed by atoms with Gasteiger partial charge in [-0.25, -0.2) is 0 Å². The first kappa shape index (κ1) is 45.0. The van der Waals surface area contributed by atoms with E-state index < -0.39 is 0 Å². The molecule has 53 heavy (non-hydrogen) atoms. The van der Waals surface area contributed by atoms with E-state index in [1.54, 1.807) is 0 Å². The van der Waals surface area contributed by atoms with Crippen LogP contribution in [0.15, 0.2) is 146 Å². The Morgan fingerprint density at radius 3 is 0.830 bits per heavy atom. The molecule has 2 aliphatic rings. The van der Waals surface area contributed by atoms with Crippen molar-refractivity contribution < 1.29 is 9.59 Å². The van der Waals surface area contributed by atoms with Crippen LogP contribution in [-0.2, 0) is 9.59 Å². The largest absolute Gasteiger partial charge is 0.336 e. The molecule has 2 bridgehead atoms. The van der Waals surface area contributed by atoms with Gasteiger partial charge in [-0.2, -0.15) is 0 Å². The van der Waals surface area contributed by atoms with Gasteiger partial charge in [0, 0.05) is 25.9 Å². The molecule has 0 aromatic rings. The Bertz CT molecular complexity index is 1240. The van der Waals surface area contributed by atoms with E-state index in [0.717, 1.165) is 96.3 Å². The average molecular weight is 719 g/mol. The van der Waals surface area contributed by atoms with E-state index in [0.29, 0.717) is 25.9 Å². The lowest BCUT2D eigenvalue weighted by atomic mass is 10.2. The van der Waals surface area contributed by atoms with Crippen molar-refractivity contribution in [3.8, 4) is 0 Å². The summed E-state index contributed by atoms with van der Waals surface area (Å²) in [7, 11) is 0. The van der Waals surface area contributed by atoms with Crippen molar-refractivity contribution in [2.45, 2.75) is 135 Å². The molecule has 2 aliphatic heterocycles. The molecule has 0 aliphatic carbocycles. The van der Waals surface area contributed by atoms with Crippen molar-refractivity contribution in [1.82, 2.24) is 9.80 Å². The summed E-state index contributed by atoms with van der Waals surface area (Å²) in [5.41, 5.74) is 0. The Morgan fingerprint density at radius 2 is 0.604 bits per heavy atom. The molecule has 2 fully saturated rings. The summed E-state index contributed by atoms with van der Waals surface area (Å²) in [5.74, 6) is 0.448. The van der Waals surface area contributed by atoms with Crippen LogP contribution in [0.4, 0.5) is 0 Å². The SMILES string of the molecule is CC/C=C\C/C=C\C/C=C\C/C=C\C/C=C\C/C=C\CCC(=O)N1C[C@@H]2C[C@H]1CN2C(=O)CC/C=C\C/C=C\C/C=C\C/C=C\C/C=C\C/C=C\CC. The van der Waals surface area contributed by atoms with Gasteiger partial charge < -0.3 is 9.80 Å². The molecule has 0 spiro atoms. The third kappa shape index (κ3) is 23.2. The van der Waals surface area contributed by atoms with Gasteiger partial charge in [-0.05, 0) is 96.3 Å². The fourth-order valence-corrected chi connectivity index (χ4v) is 6.26. The second-order valence-electron chi connectivity index (χ2n) is 13.5. The zero-order valence-corrected chi connectivity index (χ0v) is 33.2. The summed E-state index contributed by atoms with van der Waals surface area (Å²) in [6.07, 6.45) is 68.2. The van der Waals surface area contributed by atoms with Crippen molar-refractivity contribution in [3.63, 3.8) is 0 Å². The molecule has 4 heteroatoms. The van der Waals surface area contributed by atoms with Crippen LogP contribution in [0.2, 0.25) is 0 Å². The Labute approximate surface area is 324 Å². The highest BCUT2D eigenvalue weighted by molar-refractivity contribution is 5.80. The minimum atomic E-state index is 0.188. The minimum Gasteiger partial charge on any atom is -0.336 e. The van der Waals surface area contributed by atoms with E-state index in [1.807, 2.05) is 9.80 Å². The zero-order valence-electron chi connectivity index (χ0n) is 33.2. The molecule has 0 aromatic heterocycles. The summed E-state index contributed by atoms with van der Waals surface area (Å²) in [4.78, 5) is 29.8. The van der Waals surface area contributed by atoms with E-state index >= 15 is 0 Å². The number of amides is 2. The first-order valence-corrected chi connectivity index (χ1v) is 20.6. The first-order valence-electron chi connectivity index (χ1n) is 20.6. The number of carbonyl (C=O) groups is 2. The first-order chi connectivity index (χ1) is 26.2. The molecular weight excluding hydrogens is 649 g/mol. The maximum Gasteiger partial charge on any atom is 0.223 e. The predicted octanol–water partition coefficient (Wildman–Crippen LogP) is 12.8. The fourth-order valence-electron chi connectivity index (χ4n) is 6.26. The maximum absolute atomic E-state index is 12.9. The van der Waals surface area contributed by atoms with Crippen LogP contribution >= 0.6 is 0 Å². The molecule has 2 rings (SSSR count). The molecule has 0 unspecified atom stereocenters. The van der Waals surface area contributed by atoms with Crippen LogP contribution in [0.1, 0.15) is 123 Å². The number of piperazine rings is 1. The quantitative estimate of drug-likeness (QED) is 0.0756. The van der Waals surface area contributed by atoms with Gasteiger partial charge in [0.15, 0.2) is 0 Å². The average Bonchev–Trinajstić information content (AvgIpc) is 3.79. The van der Waals surface area contributed by atoms with Crippen molar-refractivity contribution in [1.29, 1.82) is 0 Å². The van der Waals surface area contributed by atoms with Crippen LogP contribution in [0.5, 0.6) is 0 Å². The van der Waals surface area contributed by atoms with E-state index in [4.69, 9.17) is 0 Å². The number of rotatable bonds is 28. The minimum absolute atomic E-state index is 0.188. The number of hydrogen-bond donors (Lipinski definition) is 0. The van der Waals surface area contributed by atoms with E-state index in [9.17, 15) is 9.59 Å². The van der Waals surface area contributed by atoms with Gasteiger partial charge in [0.25, 0.3) is 0 Å². The second kappa shape index (κ2) is 32.5. The predicted molar refractivity (Wildman–Crippen MR) is 231 cm³/mol. The van der Waals surface area contributed by atoms with Crippen LogP contribution in [0.3, 0.4) is 0 Å². The summed E-state index contributed by atoms with van der Waals surface area (Å²) in [5, 5.41) is 0. The van der Waals surface area contributed by atoms with Crippen LogP contribution in [-0.4, -0.2) is 46.8 Å². The number of likely N-dealkylation sites (tertiary alicyclic amines) is 2. The summed E-state index contributed by atoms with van der Waals surface area (Å²) >= 11 is 0. The molecule has 2 amide bonds. The van der Waals surface area contributed by atoms with E-state index in [2.05, 4.69) is 160 Å². The lowest BCUT2D eigenvalue weighted by Gasteiger charge is -2.34. The Hall–Kier alpha value is -4.18. The normalized spacial score (nSPS) is 18.5. The van der Waals surface area contributed by atoms with Gasteiger partial charge in [0.1, 0.15) is 0 Å². The molecule has 288 valence electrons. The number of hydrogen-bond acceptors (Lipinski definition) is 2. The Kier molecular flexibility index (Phi) is 27.6. The van der Waals surface area contributed by atoms with Gasteiger partial charge in [0.05, 0.1) is 12.1 Å². The van der Waals surface area contributed by atoms with Gasteiger partial charge in [-0.1, -0.05) is 160 Å². The van der Waals surface area contributed by atoms with Crippen LogP contribution in [0.25, 0.3) is 0 Å². The van der Waals surface area contributed by atoms with Crippen molar-refractivity contribution in [2.75, 3.05) is 13.1 Å². The topological polar surface area (TPSA) is 40.6 Å². The molecule has 0 aromatic carbocycles. The van der Waals surface area contributed by atoms with Crippen molar-refractivity contribution in [2.24, 2.45) is 0 Å². The summed E-state index contributed by atoms with van der Waals surface area (Å²) < 4.78 is 0. The lowest BCUT2D eigenvalue weighted by Crippen LogP contribution is -2.50. The molecule has 2 saturated heterocycles. The number of nitrogens with zero attached hydrogens (tertiary/aromatic N) is 2. The highest BCUT2D eigenvalue weighted by Crippen LogP contribution is 2.32. The number of allylic oxidation sites excluding steroid dienone is 24. The monoisotopic (exact) mass is 719 g/mol. The summed E-state index contributed by atoms with van der Waals surface area (Å²) in [6, 6.07) is 0.375. The lowest BCUT2D eigenvalue weighted by molar-refractivity contribution is -0.139. The Morgan fingerprint density at radius 1 is 0.377 bits per heavy atom. The molecular formula is C49H70N2O2. The fraction of sp³-hybridized carbons (Fsp3) is 0.469. The third-order valence-electron chi connectivity index (χ3n) is 9.12. The summed E-state index contributed by atoms with van der Waals surface area (Å²) in [6.45, 7) is 5.70. The molecule has 0 N–H and O–H groups in total. The highest BCUT2D eigenvalue weighted by atomic mass is 16.2. The maximum atomic E-state index is 12.9. The van der Waals surface area contributed by atoms with Crippen molar-refractivity contribution in [3.05, 3.63) is 146 Å². The number of carbonyl (C=O) groups excluding carboxylic acids is 2. The molecule has 2 heterocycles. The van der Waals surface area contributed by atoms with Crippen molar-refractivity contribution >= 4 is 11.8 Å². The van der Waals surface area contributed by atoms with Gasteiger partial charge >= 0.3 is 0 Å². The number of fused-ring (bicyclic) bond motifs is 2. The molecule has 2 atom stereocenters. The van der Waals surface area contributed by atoms with E-state index in [-0.39, 0.29) is 23.9 Å². The third-order valence-corrected chi connectivity index (χ3v) is 9.12. The van der Waals surface area contributed by atoms with E-state index in [1.165, 1.54) is 0 Å². The molecule has 0 radical (unpaired) electrons. The highest BCUT2D eigenvalue weighted by Gasteiger charge is 2.46. The van der Waals surface area contributed by atoms with Gasteiger partial charge in [0.2, 0.25) is 11.8 Å². The van der Waals surface area contributed by atoms with Gasteiger partial charge in [-0.15, -0.1) is 0 Å².